The van der Waals surface area contributed by atoms with Crippen LogP contribution >= 0.6 is 0 Å². The number of hydrogen-bond acceptors (Lipinski definition) is 4. The van der Waals surface area contributed by atoms with Gasteiger partial charge in [-0.05, 0) is 50.1 Å². The van der Waals surface area contributed by atoms with Gasteiger partial charge in [-0.3, -0.25) is 4.98 Å². The Morgan fingerprint density at radius 2 is 2.14 bits per heavy atom. The number of fused-ring (bicyclic) bond motifs is 1. The topological polar surface area (TPSA) is 88.0 Å². The molecule has 6 nitrogen and oxygen atoms in total. The molecule has 0 aliphatic rings. The number of nitrogens with zero attached hydrogens (tertiary/aromatic N) is 4. The molecule has 0 amide bonds. The minimum atomic E-state index is -0.513. The predicted molar refractivity (Wildman–Crippen MR) is 85.4 cm³/mol. The van der Waals surface area contributed by atoms with Crippen LogP contribution in [0.5, 0.6) is 0 Å². The highest BCUT2D eigenvalue weighted by molar-refractivity contribution is 5.89. The number of benzene rings is 1. The van der Waals surface area contributed by atoms with Gasteiger partial charge in [0.25, 0.3) is 0 Å². The molecule has 0 aliphatic carbocycles. The monoisotopic (exact) mass is 296 g/mol. The van der Waals surface area contributed by atoms with E-state index in [0.29, 0.717) is 5.69 Å². The van der Waals surface area contributed by atoms with E-state index >= 15 is 0 Å². The van der Waals surface area contributed by atoms with Gasteiger partial charge in [0.1, 0.15) is 5.60 Å². The summed E-state index contributed by atoms with van der Waals surface area (Å²) in [7, 11) is 0. The lowest BCUT2D eigenvalue weighted by Gasteiger charge is -2.17. The van der Waals surface area contributed by atoms with Gasteiger partial charge in [0, 0.05) is 28.3 Å². The normalized spacial score (nSPS) is 11.4. The minimum absolute atomic E-state index is 0.397. The number of carbonyl (C=O) groups is 1. The number of pyridine rings is 1. The third-order valence-electron chi connectivity index (χ3n) is 2.67. The molecule has 2 aromatic rings. The zero-order valence-electron chi connectivity index (χ0n) is 12.6. The van der Waals surface area contributed by atoms with Crippen molar-refractivity contribution >= 4 is 28.6 Å². The van der Waals surface area contributed by atoms with Crippen LogP contribution in [-0.4, -0.2) is 16.6 Å². The summed E-state index contributed by atoms with van der Waals surface area (Å²) in [5, 5.41) is 4.43. The van der Waals surface area contributed by atoms with Crippen LogP contribution < -0.4 is 0 Å². The van der Waals surface area contributed by atoms with Crippen molar-refractivity contribution in [2.45, 2.75) is 26.4 Å². The molecule has 0 saturated heterocycles. The molecule has 6 heteroatoms. The van der Waals surface area contributed by atoms with E-state index in [9.17, 15) is 4.79 Å². The molecule has 0 bridgehead atoms. The van der Waals surface area contributed by atoms with Crippen molar-refractivity contribution in [3.8, 4) is 0 Å². The molecule has 0 aliphatic heterocycles. The molecule has 0 N–H and O–H groups in total. The van der Waals surface area contributed by atoms with Gasteiger partial charge in [0.15, 0.2) is 0 Å². The van der Waals surface area contributed by atoms with Gasteiger partial charge in [-0.15, -0.1) is 0 Å². The molecule has 22 heavy (non-hydrogen) atoms. The Labute approximate surface area is 128 Å². The maximum Gasteiger partial charge on any atom is 0.331 e. The molecule has 0 atom stereocenters. The van der Waals surface area contributed by atoms with E-state index in [-0.39, 0.29) is 0 Å². The summed E-state index contributed by atoms with van der Waals surface area (Å²) in [4.78, 5) is 18.7. The van der Waals surface area contributed by atoms with Gasteiger partial charge in [-0.1, -0.05) is 17.2 Å². The fourth-order valence-electron chi connectivity index (χ4n) is 1.83. The maximum atomic E-state index is 11.6. The van der Waals surface area contributed by atoms with Crippen LogP contribution in [0.4, 0.5) is 5.69 Å². The van der Waals surface area contributed by atoms with Gasteiger partial charge in [0.2, 0.25) is 0 Å². The van der Waals surface area contributed by atoms with Crippen molar-refractivity contribution in [1.29, 1.82) is 0 Å². The summed E-state index contributed by atoms with van der Waals surface area (Å²) in [5.74, 6) is -0.397. The molecule has 0 radical (unpaired) electrons. The van der Waals surface area contributed by atoms with Crippen molar-refractivity contribution in [2.24, 2.45) is 5.11 Å². The second-order valence-electron chi connectivity index (χ2n) is 5.70. The summed E-state index contributed by atoms with van der Waals surface area (Å²) in [6.45, 7) is 5.45. The number of ether oxygens (including phenoxy) is 1. The Kier molecular flexibility index (Phi) is 4.44. The largest absolute Gasteiger partial charge is 0.457 e. The highest BCUT2D eigenvalue weighted by Gasteiger charge is 2.13. The van der Waals surface area contributed by atoms with Gasteiger partial charge >= 0.3 is 5.97 Å². The van der Waals surface area contributed by atoms with Crippen LogP contribution in [0.3, 0.4) is 0 Å². The Hall–Kier alpha value is -2.85. The zero-order valence-corrected chi connectivity index (χ0v) is 12.6. The number of azide groups is 1. The summed E-state index contributed by atoms with van der Waals surface area (Å²) in [6, 6.07) is 7.13. The van der Waals surface area contributed by atoms with E-state index in [1.165, 1.54) is 6.08 Å². The Bertz CT molecular complexity index is 784. The van der Waals surface area contributed by atoms with Crippen LogP contribution in [-0.2, 0) is 9.53 Å². The summed E-state index contributed by atoms with van der Waals surface area (Å²) >= 11 is 0. The molecule has 0 fully saturated rings. The average molecular weight is 296 g/mol. The Balaban J connectivity index is 2.21. The number of carbonyl (C=O) groups excluding carboxylic acids is 1. The molecule has 0 saturated carbocycles. The molecule has 0 unspecified atom stereocenters. The van der Waals surface area contributed by atoms with Crippen molar-refractivity contribution in [2.75, 3.05) is 0 Å². The molecule has 1 aromatic carbocycles. The van der Waals surface area contributed by atoms with Gasteiger partial charge in [-0.25, -0.2) is 4.79 Å². The third-order valence-corrected chi connectivity index (χ3v) is 2.67. The maximum absolute atomic E-state index is 11.6. The first kappa shape index (κ1) is 15.5. The number of hydrogen-bond donors (Lipinski definition) is 0. The summed E-state index contributed by atoms with van der Waals surface area (Å²) in [5.41, 5.74) is 9.93. The van der Waals surface area contributed by atoms with E-state index in [1.807, 2.05) is 32.9 Å². The fraction of sp³-hybridized carbons (Fsp3) is 0.250. The summed E-state index contributed by atoms with van der Waals surface area (Å²) in [6.07, 6.45) is 4.67. The zero-order chi connectivity index (χ0) is 16.2. The minimum Gasteiger partial charge on any atom is -0.457 e. The van der Waals surface area contributed by atoms with E-state index in [2.05, 4.69) is 15.0 Å². The van der Waals surface area contributed by atoms with E-state index in [1.54, 1.807) is 24.4 Å². The lowest BCUT2D eigenvalue weighted by Crippen LogP contribution is -2.22. The second kappa shape index (κ2) is 6.28. The van der Waals surface area contributed by atoms with E-state index in [0.717, 1.165) is 16.5 Å². The van der Waals surface area contributed by atoms with E-state index < -0.39 is 11.6 Å². The van der Waals surface area contributed by atoms with E-state index in [4.69, 9.17) is 10.3 Å². The quantitative estimate of drug-likeness (QED) is 0.274. The van der Waals surface area contributed by atoms with Crippen molar-refractivity contribution < 1.29 is 9.53 Å². The van der Waals surface area contributed by atoms with Crippen LogP contribution in [0, 0.1) is 0 Å². The molecule has 1 heterocycles. The lowest BCUT2D eigenvalue weighted by atomic mass is 10.1. The first-order valence-corrected chi connectivity index (χ1v) is 6.73. The molecule has 1 aromatic heterocycles. The van der Waals surface area contributed by atoms with Crippen LogP contribution in [0.1, 0.15) is 26.3 Å². The lowest BCUT2D eigenvalue weighted by molar-refractivity contribution is -0.148. The fourth-order valence-corrected chi connectivity index (χ4v) is 1.83. The second-order valence-corrected chi connectivity index (χ2v) is 5.70. The highest BCUT2D eigenvalue weighted by Crippen LogP contribution is 2.21. The van der Waals surface area contributed by atoms with Crippen molar-refractivity contribution in [1.82, 2.24) is 4.98 Å². The van der Waals surface area contributed by atoms with Crippen LogP contribution in [0.25, 0.3) is 27.4 Å². The predicted octanol–water partition coefficient (Wildman–Crippen LogP) is 4.53. The van der Waals surface area contributed by atoms with Crippen molar-refractivity contribution in [3.63, 3.8) is 0 Å². The highest BCUT2D eigenvalue weighted by atomic mass is 16.6. The third kappa shape index (κ3) is 4.33. The van der Waals surface area contributed by atoms with Crippen LogP contribution in [0.15, 0.2) is 41.7 Å². The van der Waals surface area contributed by atoms with Crippen molar-refractivity contribution in [3.05, 3.63) is 52.5 Å². The van der Waals surface area contributed by atoms with Gasteiger partial charge in [0.05, 0.1) is 5.52 Å². The number of rotatable bonds is 3. The van der Waals surface area contributed by atoms with Gasteiger partial charge in [-0.2, -0.15) is 0 Å². The Morgan fingerprint density at radius 3 is 2.82 bits per heavy atom. The molecule has 2 rings (SSSR count). The first-order valence-electron chi connectivity index (χ1n) is 6.73. The standard InChI is InChI=1S/C16H16N4O2/c1-16(2,3)22-15(21)7-4-11-8-12-5-6-13(19-20-17)9-14(12)18-10-11/h4-10H,1-3H3/b7-4+. The summed E-state index contributed by atoms with van der Waals surface area (Å²) < 4.78 is 5.20. The SMILES string of the molecule is CC(C)(C)OC(=O)/C=C/c1cnc2cc(N=[N+]=[N-])ccc2c1. The molecular weight excluding hydrogens is 280 g/mol. The smallest absolute Gasteiger partial charge is 0.331 e. The molecular formula is C16H16N4O2. The number of aromatic nitrogens is 1. The van der Waals surface area contributed by atoms with Crippen LogP contribution in [0.2, 0.25) is 0 Å². The van der Waals surface area contributed by atoms with Gasteiger partial charge < -0.3 is 4.74 Å². The Morgan fingerprint density at radius 1 is 1.36 bits per heavy atom. The molecule has 0 spiro atoms. The number of esters is 1. The first-order chi connectivity index (χ1) is 10.4. The molecule has 112 valence electrons. The average Bonchev–Trinajstić information content (AvgIpc) is 2.43.